The Hall–Kier alpha value is -0.610. The zero-order chi connectivity index (χ0) is 15.1. The van der Waals surface area contributed by atoms with E-state index in [-0.39, 0.29) is 0 Å². The van der Waals surface area contributed by atoms with E-state index in [4.69, 9.17) is 4.98 Å². The number of rotatable bonds is 9. The Kier molecular flexibility index (Phi) is 7.52. The molecular weight excluding hydrogens is 266 g/mol. The van der Waals surface area contributed by atoms with Gasteiger partial charge in [0.05, 0.1) is 5.69 Å². The lowest BCUT2D eigenvalue weighted by Gasteiger charge is -2.14. The first-order valence-corrected chi connectivity index (χ1v) is 8.68. The number of thiazole rings is 1. The van der Waals surface area contributed by atoms with Gasteiger partial charge in [-0.05, 0) is 24.8 Å². The van der Waals surface area contributed by atoms with Crippen molar-refractivity contribution >= 4 is 16.5 Å². The first-order chi connectivity index (χ1) is 9.45. The highest BCUT2D eigenvalue weighted by atomic mass is 32.1. The summed E-state index contributed by atoms with van der Waals surface area (Å²) in [6, 6.07) is 0. The summed E-state index contributed by atoms with van der Waals surface area (Å²) in [6.07, 6.45) is 2.46. The molecule has 1 rings (SSSR count). The molecule has 116 valence electrons. The van der Waals surface area contributed by atoms with E-state index in [1.807, 2.05) is 11.3 Å². The molecule has 0 unspecified atom stereocenters. The lowest BCUT2D eigenvalue weighted by atomic mass is 10.1. The fourth-order valence-electron chi connectivity index (χ4n) is 2.06. The quantitative estimate of drug-likeness (QED) is 0.738. The van der Waals surface area contributed by atoms with E-state index >= 15 is 0 Å². The minimum atomic E-state index is 0.496. The number of hydrogen-bond donors (Lipinski definition) is 1. The molecule has 4 heteroatoms. The molecule has 0 aromatic carbocycles. The molecule has 1 heterocycles. The molecule has 1 aromatic rings. The Bertz CT molecular complexity index is 385. The smallest absolute Gasteiger partial charge is 0.185 e. The van der Waals surface area contributed by atoms with Crippen molar-refractivity contribution in [3.8, 4) is 0 Å². The van der Waals surface area contributed by atoms with E-state index in [9.17, 15) is 0 Å². The van der Waals surface area contributed by atoms with Crippen LogP contribution in [0.4, 0.5) is 5.13 Å². The second kappa shape index (κ2) is 8.63. The van der Waals surface area contributed by atoms with Gasteiger partial charge in [-0.2, -0.15) is 0 Å². The first-order valence-electron chi connectivity index (χ1n) is 7.87. The van der Waals surface area contributed by atoms with E-state index in [1.165, 1.54) is 28.5 Å². The summed E-state index contributed by atoms with van der Waals surface area (Å²) in [6.45, 7) is 14.3. The van der Waals surface area contributed by atoms with Crippen LogP contribution >= 0.6 is 11.3 Å². The van der Waals surface area contributed by atoms with E-state index < -0.39 is 0 Å². The normalized spacial score (nSPS) is 11.6. The molecular formula is C16H31N3S. The van der Waals surface area contributed by atoms with Crippen molar-refractivity contribution in [3.63, 3.8) is 0 Å². The van der Waals surface area contributed by atoms with Gasteiger partial charge in [-0.3, -0.25) is 0 Å². The minimum Gasteiger partial charge on any atom is -0.351 e. The molecule has 0 spiro atoms. The summed E-state index contributed by atoms with van der Waals surface area (Å²) >= 11 is 1.85. The molecule has 0 aliphatic rings. The summed E-state index contributed by atoms with van der Waals surface area (Å²) in [7, 11) is 2.16. The molecule has 0 aliphatic heterocycles. The van der Waals surface area contributed by atoms with Crippen molar-refractivity contribution in [2.24, 2.45) is 5.92 Å². The molecule has 1 aromatic heterocycles. The van der Waals surface area contributed by atoms with Crippen molar-refractivity contribution in [1.29, 1.82) is 0 Å². The average molecular weight is 298 g/mol. The second-order valence-corrected chi connectivity index (χ2v) is 7.32. The predicted octanol–water partition coefficient (Wildman–Crippen LogP) is 4.25. The SMILES string of the molecule is CCCCN(C)c1nc(C(C)C)c(CNCC(C)C)s1. The Balaban J connectivity index is 2.73. The van der Waals surface area contributed by atoms with Gasteiger partial charge in [0.1, 0.15) is 0 Å². The highest BCUT2D eigenvalue weighted by Crippen LogP contribution is 2.30. The van der Waals surface area contributed by atoms with Crippen molar-refractivity contribution in [3.05, 3.63) is 10.6 Å². The number of unbranched alkanes of at least 4 members (excludes halogenated alkanes) is 1. The number of hydrogen-bond acceptors (Lipinski definition) is 4. The number of nitrogens with zero attached hydrogens (tertiary/aromatic N) is 2. The molecule has 0 atom stereocenters. The predicted molar refractivity (Wildman–Crippen MR) is 90.9 cm³/mol. The summed E-state index contributed by atoms with van der Waals surface area (Å²) in [5, 5.41) is 4.71. The molecule has 1 N–H and O–H groups in total. The standard InChI is InChI=1S/C16H31N3S/c1-7-8-9-19(6)16-18-15(13(4)5)14(20-16)11-17-10-12(2)3/h12-13,17H,7-11H2,1-6H3. The fraction of sp³-hybridized carbons (Fsp3) is 0.812. The van der Waals surface area contributed by atoms with Crippen molar-refractivity contribution < 1.29 is 0 Å². The highest BCUT2D eigenvalue weighted by molar-refractivity contribution is 7.15. The summed E-state index contributed by atoms with van der Waals surface area (Å²) in [5.74, 6) is 1.19. The van der Waals surface area contributed by atoms with Gasteiger partial charge in [0.15, 0.2) is 5.13 Å². The lowest BCUT2D eigenvalue weighted by molar-refractivity contribution is 0.552. The topological polar surface area (TPSA) is 28.2 Å². The summed E-state index contributed by atoms with van der Waals surface area (Å²) in [5.41, 5.74) is 1.27. The van der Waals surface area contributed by atoms with Crippen LogP contribution in [0, 0.1) is 5.92 Å². The van der Waals surface area contributed by atoms with Crippen molar-refractivity contribution in [2.45, 2.75) is 59.9 Å². The monoisotopic (exact) mass is 297 g/mol. The lowest BCUT2D eigenvalue weighted by Crippen LogP contribution is -2.19. The Morgan fingerprint density at radius 1 is 1.25 bits per heavy atom. The molecule has 0 aliphatic carbocycles. The third kappa shape index (κ3) is 5.41. The molecule has 0 fully saturated rings. The molecule has 0 saturated heterocycles. The Morgan fingerprint density at radius 3 is 2.50 bits per heavy atom. The Labute approximate surface area is 128 Å². The van der Waals surface area contributed by atoms with Gasteiger partial charge in [0, 0.05) is 25.0 Å². The van der Waals surface area contributed by atoms with Gasteiger partial charge < -0.3 is 10.2 Å². The summed E-state index contributed by atoms with van der Waals surface area (Å²) in [4.78, 5) is 8.56. The maximum absolute atomic E-state index is 4.86. The largest absolute Gasteiger partial charge is 0.351 e. The highest BCUT2D eigenvalue weighted by Gasteiger charge is 2.16. The number of anilines is 1. The zero-order valence-corrected chi connectivity index (χ0v) is 14.8. The van der Waals surface area contributed by atoms with E-state index in [1.54, 1.807) is 0 Å². The van der Waals surface area contributed by atoms with Crippen LogP contribution in [0.25, 0.3) is 0 Å². The van der Waals surface area contributed by atoms with Gasteiger partial charge in [-0.15, -0.1) is 11.3 Å². The fourth-order valence-corrected chi connectivity index (χ4v) is 3.23. The maximum Gasteiger partial charge on any atom is 0.185 e. The summed E-state index contributed by atoms with van der Waals surface area (Å²) < 4.78 is 0. The van der Waals surface area contributed by atoms with E-state index in [2.05, 4.69) is 51.9 Å². The van der Waals surface area contributed by atoms with Crippen LogP contribution in [0.1, 0.15) is 63.9 Å². The van der Waals surface area contributed by atoms with Crippen molar-refractivity contribution in [2.75, 3.05) is 25.0 Å². The molecule has 3 nitrogen and oxygen atoms in total. The van der Waals surface area contributed by atoms with E-state index in [0.717, 1.165) is 19.6 Å². The number of aromatic nitrogens is 1. The van der Waals surface area contributed by atoms with Crippen LogP contribution in [-0.2, 0) is 6.54 Å². The van der Waals surface area contributed by atoms with Gasteiger partial charge in [-0.1, -0.05) is 41.0 Å². The molecule has 0 amide bonds. The van der Waals surface area contributed by atoms with Crippen LogP contribution in [0.3, 0.4) is 0 Å². The van der Waals surface area contributed by atoms with Crippen LogP contribution in [0.5, 0.6) is 0 Å². The van der Waals surface area contributed by atoms with Gasteiger partial charge >= 0.3 is 0 Å². The van der Waals surface area contributed by atoms with Gasteiger partial charge in [-0.25, -0.2) is 4.98 Å². The molecule has 0 radical (unpaired) electrons. The molecule has 20 heavy (non-hydrogen) atoms. The van der Waals surface area contributed by atoms with Crippen LogP contribution in [-0.4, -0.2) is 25.1 Å². The average Bonchev–Trinajstić information content (AvgIpc) is 2.80. The van der Waals surface area contributed by atoms with Crippen molar-refractivity contribution in [1.82, 2.24) is 10.3 Å². The maximum atomic E-state index is 4.86. The molecule has 0 saturated carbocycles. The zero-order valence-electron chi connectivity index (χ0n) is 14.0. The van der Waals surface area contributed by atoms with Gasteiger partial charge in [0.2, 0.25) is 0 Å². The Morgan fingerprint density at radius 2 is 1.95 bits per heavy atom. The minimum absolute atomic E-state index is 0.496. The second-order valence-electron chi connectivity index (χ2n) is 6.26. The van der Waals surface area contributed by atoms with E-state index in [0.29, 0.717) is 11.8 Å². The van der Waals surface area contributed by atoms with Gasteiger partial charge in [0.25, 0.3) is 0 Å². The van der Waals surface area contributed by atoms with Crippen LogP contribution in [0.15, 0.2) is 0 Å². The van der Waals surface area contributed by atoms with Crippen LogP contribution in [0.2, 0.25) is 0 Å². The third-order valence-corrected chi connectivity index (χ3v) is 4.46. The van der Waals surface area contributed by atoms with Crippen LogP contribution < -0.4 is 10.2 Å². The number of nitrogens with one attached hydrogen (secondary N) is 1. The molecule has 0 bridgehead atoms. The first kappa shape index (κ1) is 17.4. The third-order valence-electron chi connectivity index (χ3n) is 3.27.